The van der Waals surface area contributed by atoms with Crippen molar-refractivity contribution in [2.75, 3.05) is 17.7 Å². The number of aromatic nitrogens is 2. The molecule has 1 heterocycles. The quantitative estimate of drug-likeness (QED) is 0.743. The summed E-state index contributed by atoms with van der Waals surface area (Å²) in [5, 5.41) is 5.61. The minimum Gasteiger partial charge on any atom is -0.497 e. The van der Waals surface area contributed by atoms with Crippen LogP contribution in [-0.4, -0.2) is 23.0 Å². The molecule has 0 atom stereocenters. The SMILES string of the molecule is COc1cccc(Nc2ncc(C(=O)Nc3cccc(F)c3)cn2)c1. The van der Waals surface area contributed by atoms with E-state index in [-0.39, 0.29) is 5.56 Å². The predicted octanol–water partition coefficient (Wildman–Crippen LogP) is 3.62. The Balaban J connectivity index is 1.68. The van der Waals surface area contributed by atoms with Crippen LogP contribution in [-0.2, 0) is 0 Å². The van der Waals surface area contributed by atoms with Crippen LogP contribution >= 0.6 is 0 Å². The number of anilines is 3. The van der Waals surface area contributed by atoms with Crippen molar-refractivity contribution in [2.45, 2.75) is 0 Å². The lowest BCUT2D eigenvalue weighted by atomic mass is 10.2. The molecule has 0 fully saturated rings. The molecule has 3 rings (SSSR count). The van der Waals surface area contributed by atoms with E-state index in [9.17, 15) is 9.18 Å². The number of hydrogen-bond acceptors (Lipinski definition) is 5. The first-order valence-corrected chi connectivity index (χ1v) is 7.44. The molecule has 0 spiro atoms. The molecule has 0 saturated heterocycles. The van der Waals surface area contributed by atoms with Gasteiger partial charge in [0.15, 0.2) is 0 Å². The van der Waals surface area contributed by atoms with E-state index in [0.717, 1.165) is 5.69 Å². The zero-order valence-electron chi connectivity index (χ0n) is 13.4. The number of nitrogens with zero attached hydrogens (tertiary/aromatic N) is 2. The van der Waals surface area contributed by atoms with Crippen molar-refractivity contribution in [1.82, 2.24) is 9.97 Å². The van der Waals surface area contributed by atoms with Crippen LogP contribution in [0.5, 0.6) is 5.75 Å². The highest BCUT2D eigenvalue weighted by molar-refractivity contribution is 6.03. The van der Waals surface area contributed by atoms with E-state index in [1.54, 1.807) is 19.2 Å². The molecule has 0 aliphatic rings. The number of hydrogen-bond donors (Lipinski definition) is 2. The van der Waals surface area contributed by atoms with Gasteiger partial charge in [-0.05, 0) is 30.3 Å². The van der Waals surface area contributed by atoms with E-state index in [2.05, 4.69) is 20.6 Å². The first-order valence-electron chi connectivity index (χ1n) is 7.44. The molecular formula is C18H15FN4O2. The van der Waals surface area contributed by atoms with Gasteiger partial charge in [0.2, 0.25) is 5.95 Å². The van der Waals surface area contributed by atoms with E-state index >= 15 is 0 Å². The first kappa shape index (κ1) is 16.4. The van der Waals surface area contributed by atoms with Gasteiger partial charge < -0.3 is 15.4 Å². The highest BCUT2D eigenvalue weighted by Gasteiger charge is 2.08. The zero-order valence-corrected chi connectivity index (χ0v) is 13.4. The van der Waals surface area contributed by atoms with Crippen LogP contribution < -0.4 is 15.4 Å². The third-order valence-electron chi connectivity index (χ3n) is 3.32. The monoisotopic (exact) mass is 338 g/mol. The average molecular weight is 338 g/mol. The smallest absolute Gasteiger partial charge is 0.258 e. The molecule has 3 aromatic rings. The molecule has 0 saturated carbocycles. The van der Waals surface area contributed by atoms with Crippen molar-refractivity contribution >= 4 is 23.2 Å². The minimum absolute atomic E-state index is 0.264. The highest BCUT2D eigenvalue weighted by Crippen LogP contribution is 2.19. The summed E-state index contributed by atoms with van der Waals surface area (Å²) in [7, 11) is 1.58. The number of rotatable bonds is 5. The molecule has 7 heteroatoms. The molecule has 0 aliphatic heterocycles. The second-order valence-corrected chi connectivity index (χ2v) is 5.12. The van der Waals surface area contributed by atoms with Crippen LogP contribution in [0, 0.1) is 5.82 Å². The lowest BCUT2D eigenvalue weighted by Gasteiger charge is -2.08. The zero-order chi connectivity index (χ0) is 17.6. The van der Waals surface area contributed by atoms with Gasteiger partial charge in [-0.1, -0.05) is 12.1 Å². The molecule has 1 amide bonds. The minimum atomic E-state index is -0.424. The summed E-state index contributed by atoms with van der Waals surface area (Å²) in [6.45, 7) is 0. The van der Waals surface area contributed by atoms with Gasteiger partial charge in [0.25, 0.3) is 5.91 Å². The normalized spacial score (nSPS) is 10.2. The Bertz CT molecular complexity index is 884. The first-order chi connectivity index (χ1) is 12.1. The van der Waals surface area contributed by atoms with Gasteiger partial charge >= 0.3 is 0 Å². The van der Waals surface area contributed by atoms with Gasteiger partial charge in [-0.25, -0.2) is 14.4 Å². The van der Waals surface area contributed by atoms with Crippen LogP contribution in [0.3, 0.4) is 0 Å². The Morgan fingerprint density at radius 1 is 1.04 bits per heavy atom. The van der Waals surface area contributed by atoms with Gasteiger partial charge in [-0.3, -0.25) is 4.79 Å². The van der Waals surface area contributed by atoms with Crippen molar-refractivity contribution in [3.8, 4) is 5.75 Å². The lowest BCUT2D eigenvalue weighted by Crippen LogP contribution is -2.13. The largest absolute Gasteiger partial charge is 0.497 e. The van der Waals surface area contributed by atoms with Crippen molar-refractivity contribution in [3.05, 3.63) is 72.3 Å². The molecule has 0 unspecified atom stereocenters. The number of halogens is 1. The van der Waals surface area contributed by atoms with E-state index in [1.807, 2.05) is 18.2 Å². The Morgan fingerprint density at radius 2 is 1.76 bits per heavy atom. The second-order valence-electron chi connectivity index (χ2n) is 5.12. The van der Waals surface area contributed by atoms with Crippen LogP contribution in [0.2, 0.25) is 0 Å². The highest BCUT2D eigenvalue weighted by atomic mass is 19.1. The second kappa shape index (κ2) is 7.39. The van der Waals surface area contributed by atoms with Crippen molar-refractivity contribution in [1.29, 1.82) is 0 Å². The predicted molar refractivity (Wildman–Crippen MR) is 92.7 cm³/mol. The molecule has 25 heavy (non-hydrogen) atoms. The number of ether oxygens (including phenoxy) is 1. The van der Waals surface area contributed by atoms with Crippen molar-refractivity contribution < 1.29 is 13.9 Å². The summed E-state index contributed by atoms with van der Waals surface area (Å²) >= 11 is 0. The maximum Gasteiger partial charge on any atom is 0.258 e. The number of methoxy groups -OCH3 is 1. The number of carbonyl (C=O) groups excluding carboxylic acids is 1. The Hall–Kier alpha value is -3.48. The van der Waals surface area contributed by atoms with Gasteiger partial charge in [-0.2, -0.15) is 0 Å². The molecule has 2 N–H and O–H groups in total. The third-order valence-corrected chi connectivity index (χ3v) is 3.32. The maximum absolute atomic E-state index is 13.1. The summed E-state index contributed by atoms with van der Waals surface area (Å²) in [5.41, 5.74) is 1.39. The third kappa shape index (κ3) is 4.29. The van der Waals surface area contributed by atoms with Gasteiger partial charge in [0.1, 0.15) is 11.6 Å². The summed E-state index contributed by atoms with van der Waals surface area (Å²) in [6, 6.07) is 13.0. The molecule has 0 aliphatic carbocycles. The fourth-order valence-electron chi connectivity index (χ4n) is 2.11. The standard InChI is InChI=1S/C18H15FN4O2/c1-25-16-7-3-6-15(9-16)23-18-20-10-12(11-21-18)17(24)22-14-5-2-4-13(19)8-14/h2-11H,1H3,(H,22,24)(H,20,21,23). The fourth-order valence-corrected chi connectivity index (χ4v) is 2.11. The number of carbonyl (C=O) groups is 1. The van der Waals surface area contributed by atoms with Crippen molar-refractivity contribution in [2.24, 2.45) is 0 Å². The lowest BCUT2D eigenvalue weighted by molar-refractivity contribution is 0.102. The van der Waals surface area contributed by atoms with Crippen LogP contribution in [0.25, 0.3) is 0 Å². The maximum atomic E-state index is 13.1. The molecule has 6 nitrogen and oxygen atoms in total. The molecular weight excluding hydrogens is 323 g/mol. The Morgan fingerprint density at radius 3 is 2.48 bits per heavy atom. The van der Waals surface area contributed by atoms with E-state index < -0.39 is 11.7 Å². The molecule has 1 aromatic heterocycles. The van der Waals surface area contributed by atoms with Crippen molar-refractivity contribution in [3.63, 3.8) is 0 Å². The summed E-state index contributed by atoms with van der Waals surface area (Å²) < 4.78 is 18.3. The summed E-state index contributed by atoms with van der Waals surface area (Å²) in [6.07, 6.45) is 2.79. The number of amides is 1. The average Bonchev–Trinajstić information content (AvgIpc) is 2.62. The topological polar surface area (TPSA) is 76.1 Å². The van der Waals surface area contributed by atoms with Crippen LogP contribution in [0.15, 0.2) is 60.9 Å². The van der Waals surface area contributed by atoms with Gasteiger partial charge in [0.05, 0.1) is 12.7 Å². The molecule has 126 valence electrons. The summed E-state index contributed by atoms with van der Waals surface area (Å²) in [5.74, 6) is 0.206. The van der Waals surface area contributed by atoms with E-state index in [4.69, 9.17) is 4.74 Å². The Kier molecular flexibility index (Phi) is 4.84. The Labute approximate surface area is 143 Å². The fraction of sp³-hybridized carbons (Fsp3) is 0.0556. The van der Waals surface area contributed by atoms with E-state index in [0.29, 0.717) is 17.4 Å². The summed E-state index contributed by atoms with van der Waals surface area (Å²) in [4.78, 5) is 20.4. The van der Waals surface area contributed by atoms with Gasteiger partial charge in [-0.15, -0.1) is 0 Å². The molecule has 0 radical (unpaired) electrons. The molecule has 0 bridgehead atoms. The van der Waals surface area contributed by atoms with Crippen LogP contribution in [0.1, 0.15) is 10.4 Å². The van der Waals surface area contributed by atoms with E-state index in [1.165, 1.54) is 30.6 Å². The van der Waals surface area contributed by atoms with Gasteiger partial charge in [0, 0.05) is 29.8 Å². The number of nitrogens with one attached hydrogen (secondary N) is 2. The van der Waals surface area contributed by atoms with Crippen LogP contribution in [0.4, 0.5) is 21.7 Å². The molecule has 2 aromatic carbocycles. The number of benzene rings is 2.